The smallest absolute Gasteiger partial charge is 0.342 e. The van der Waals surface area contributed by atoms with Gasteiger partial charge in [-0.15, -0.1) is 0 Å². The summed E-state index contributed by atoms with van der Waals surface area (Å²) in [5, 5.41) is 0.902. The van der Waals surface area contributed by atoms with Crippen LogP contribution in [0.4, 0.5) is 4.39 Å². The van der Waals surface area contributed by atoms with Gasteiger partial charge in [0.2, 0.25) is 0 Å². The fourth-order valence-electron chi connectivity index (χ4n) is 3.86. The number of aryl methyl sites for hydroxylation is 1. The van der Waals surface area contributed by atoms with E-state index in [4.69, 9.17) is 4.74 Å². The van der Waals surface area contributed by atoms with E-state index in [1.807, 2.05) is 19.1 Å². The Morgan fingerprint density at radius 3 is 2.77 bits per heavy atom. The Labute approximate surface area is 179 Å². The van der Waals surface area contributed by atoms with E-state index in [9.17, 15) is 14.0 Å². The predicted octanol–water partition coefficient (Wildman–Crippen LogP) is 4.39. The topological polar surface area (TPSA) is 75.3 Å². The van der Waals surface area contributed by atoms with Crippen LogP contribution in [0.25, 0.3) is 16.6 Å². The molecule has 160 valence electrons. The molecular weight excluding hydrogens is 397 g/mol. The highest BCUT2D eigenvalue weighted by Gasteiger charge is 2.32. The molecule has 0 saturated carbocycles. The number of nitrogens with one attached hydrogen (secondary N) is 1. The van der Waals surface area contributed by atoms with Crippen molar-refractivity contribution in [3.63, 3.8) is 0 Å². The van der Waals surface area contributed by atoms with Gasteiger partial charge in [0.05, 0.1) is 17.4 Å². The number of esters is 1. The van der Waals surface area contributed by atoms with Crippen molar-refractivity contribution in [2.24, 2.45) is 0 Å². The van der Waals surface area contributed by atoms with E-state index < -0.39 is 5.97 Å². The number of halogens is 1. The molecule has 0 saturated heterocycles. The molecular formula is C24H24FN3O3. The number of carbonyl (C=O) groups excluding carboxylic acids is 2. The third-order valence-electron chi connectivity index (χ3n) is 5.39. The first-order chi connectivity index (χ1) is 14.8. The van der Waals surface area contributed by atoms with Crippen LogP contribution in [0, 0.1) is 12.7 Å². The summed E-state index contributed by atoms with van der Waals surface area (Å²) in [4.78, 5) is 35.5. The zero-order valence-corrected chi connectivity index (χ0v) is 17.9. The van der Waals surface area contributed by atoms with E-state index in [0.29, 0.717) is 28.9 Å². The van der Waals surface area contributed by atoms with E-state index in [2.05, 4.69) is 9.97 Å². The van der Waals surface area contributed by atoms with Crippen molar-refractivity contribution >= 4 is 28.5 Å². The number of rotatable bonds is 3. The summed E-state index contributed by atoms with van der Waals surface area (Å²) in [6, 6.07) is 7.79. The monoisotopic (exact) mass is 421 g/mol. The van der Waals surface area contributed by atoms with E-state index in [0.717, 1.165) is 10.9 Å². The molecule has 1 amide bonds. The Balaban J connectivity index is 1.84. The summed E-state index contributed by atoms with van der Waals surface area (Å²) in [6.45, 7) is 7.08. The number of amides is 1. The Morgan fingerprint density at radius 2 is 2.06 bits per heavy atom. The second-order valence-electron chi connectivity index (χ2n) is 8.10. The summed E-state index contributed by atoms with van der Waals surface area (Å²) in [6.07, 6.45) is 3.42. The SMILES string of the molecule is Cc1cc(C(=O)N2C=C(C(=O)OC(C)C)c3[nH]c4ncccc4c3CC2C)ccc1F. The Morgan fingerprint density at radius 1 is 1.29 bits per heavy atom. The maximum atomic E-state index is 13.7. The van der Waals surface area contributed by atoms with Gasteiger partial charge in [0.15, 0.2) is 0 Å². The van der Waals surface area contributed by atoms with Gasteiger partial charge in [0.1, 0.15) is 11.5 Å². The minimum atomic E-state index is -0.523. The van der Waals surface area contributed by atoms with Gasteiger partial charge in [-0.2, -0.15) is 0 Å². The molecule has 0 radical (unpaired) electrons. The summed E-state index contributed by atoms with van der Waals surface area (Å²) in [7, 11) is 0. The summed E-state index contributed by atoms with van der Waals surface area (Å²) in [5.74, 6) is -1.20. The highest BCUT2D eigenvalue weighted by atomic mass is 19.1. The number of ether oxygens (including phenoxy) is 1. The van der Waals surface area contributed by atoms with Crippen LogP contribution in [-0.2, 0) is 16.0 Å². The largest absolute Gasteiger partial charge is 0.459 e. The normalized spacial score (nSPS) is 16.1. The average Bonchev–Trinajstić information content (AvgIpc) is 3.00. The number of hydrogen-bond donors (Lipinski definition) is 1. The van der Waals surface area contributed by atoms with Crippen LogP contribution in [-0.4, -0.2) is 38.9 Å². The molecule has 0 aliphatic carbocycles. The van der Waals surface area contributed by atoms with Crippen LogP contribution >= 0.6 is 0 Å². The highest BCUT2D eigenvalue weighted by Crippen LogP contribution is 2.33. The standard InChI is InChI=1S/C24H24FN3O3/c1-13(2)31-24(30)19-12-28(23(29)16-7-8-20(25)14(3)10-16)15(4)11-18-17-6-5-9-26-22(17)27-21(18)19/h5-10,12-13,15H,11H2,1-4H3,(H,26,27). The van der Waals surface area contributed by atoms with Crippen molar-refractivity contribution in [3.8, 4) is 0 Å². The second-order valence-corrected chi connectivity index (χ2v) is 8.10. The van der Waals surface area contributed by atoms with Crippen LogP contribution in [0.15, 0.2) is 42.7 Å². The molecule has 1 aliphatic rings. The molecule has 0 spiro atoms. The van der Waals surface area contributed by atoms with Gasteiger partial charge >= 0.3 is 5.97 Å². The molecule has 0 fully saturated rings. The minimum Gasteiger partial charge on any atom is -0.459 e. The fraction of sp³-hybridized carbons (Fsp3) is 0.292. The lowest BCUT2D eigenvalue weighted by molar-refractivity contribution is -0.140. The molecule has 6 nitrogen and oxygen atoms in total. The third kappa shape index (κ3) is 3.83. The number of benzene rings is 1. The summed E-state index contributed by atoms with van der Waals surface area (Å²) < 4.78 is 19.2. The minimum absolute atomic E-state index is 0.250. The second kappa shape index (κ2) is 7.98. The van der Waals surface area contributed by atoms with Crippen molar-refractivity contribution in [2.75, 3.05) is 0 Å². The first-order valence-corrected chi connectivity index (χ1v) is 10.2. The molecule has 1 aliphatic heterocycles. The Hall–Kier alpha value is -3.48. The number of fused-ring (bicyclic) bond motifs is 3. The Bertz CT molecular complexity index is 1210. The number of aromatic nitrogens is 2. The molecule has 0 bridgehead atoms. The molecule has 2 aromatic heterocycles. The van der Waals surface area contributed by atoms with E-state index in [1.165, 1.54) is 29.3 Å². The van der Waals surface area contributed by atoms with Crippen LogP contribution in [0.3, 0.4) is 0 Å². The van der Waals surface area contributed by atoms with Crippen LogP contribution < -0.4 is 0 Å². The van der Waals surface area contributed by atoms with E-state index in [1.54, 1.807) is 27.0 Å². The molecule has 1 N–H and O–H groups in total. The van der Waals surface area contributed by atoms with Gasteiger partial charge in [-0.1, -0.05) is 0 Å². The zero-order chi connectivity index (χ0) is 22.3. The lowest BCUT2D eigenvalue weighted by Crippen LogP contribution is -2.35. The van der Waals surface area contributed by atoms with Crippen LogP contribution in [0.2, 0.25) is 0 Å². The van der Waals surface area contributed by atoms with Gasteiger partial charge in [0, 0.05) is 29.4 Å². The molecule has 1 aromatic carbocycles. The Kier molecular flexibility index (Phi) is 5.35. The van der Waals surface area contributed by atoms with Crippen molar-refractivity contribution in [2.45, 2.75) is 46.3 Å². The first-order valence-electron chi connectivity index (χ1n) is 10.2. The summed E-state index contributed by atoms with van der Waals surface area (Å²) in [5.41, 5.74) is 3.20. The van der Waals surface area contributed by atoms with E-state index >= 15 is 0 Å². The lowest BCUT2D eigenvalue weighted by atomic mass is 10.0. The molecule has 7 heteroatoms. The molecule has 1 unspecified atom stereocenters. The number of aromatic amines is 1. The highest BCUT2D eigenvalue weighted by molar-refractivity contribution is 6.18. The molecule has 3 aromatic rings. The van der Waals surface area contributed by atoms with Crippen LogP contribution in [0.5, 0.6) is 0 Å². The lowest BCUT2D eigenvalue weighted by Gasteiger charge is -2.25. The molecule has 1 atom stereocenters. The average molecular weight is 421 g/mol. The maximum absolute atomic E-state index is 13.7. The van der Waals surface area contributed by atoms with Crippen molar-refractivity contribution in [1.82, 2.24) is 14.9 Å². The fourth-order valence-corrected chi connectivity index (χ4v) is 3.86. The summed E-state index contributed by atoms with van der Waals surface area (Å²) >= 11 is 0. The van der Waals surface area contributed by atoms with Gasteiger partial charge in [-0.25, -0.2) is 14.2 Å². The van der Waals surface area contributed by atoms with Gasteiger partial charge in [-0.05, 0) is 75.6 Å². The molecule has 4 rings (SSSR count). The van der Waals surface area contributed by atoms with E-state index in [-0.39, 0.29) is 29.4 Å². The van der Waals surface area contributed by atoms with Gasteiger partial charge < -0.3 is 14.6 Å². The predicted molar refractivity (Wildman–Crippen MR) is 116 cm³/mol. The first kappa shape index (κ1) is 20.8. The number of H-pyrrole nitrogens is 1. The van der Waals surface area contributed by atoms with Gasteiger partial charge in [0.25, 0.3) is 5.91 Å². The van der Waals surface area contributed by atoms with Gasteiger partial charge in [-0.3, -0.25) is 4.79 Å². The number of nitrogens with zero attached hydrogens (tertiary/aromatic N) is 2. The number of pyridine rings is 1. The third-order valence-corrected chi connectivity index (χ3v) is 5.39. The number of hydrogen-bond acceptors (Lipinski definition) is 4. The maximum Gasteiger partial charge on any atom is 0.342 e. The molecule has 3 heterocycles. The van der Waals surface area contributed by atoms with Crippen molar-refractivity contribution in [1.29, 1.82) is 0 Å². The van der Waals surface area contributed by atoms with Crippen molar-refractivity contribution in [3.05, 3.63) is 70.9 Å². The molecule has 31 heavy (non-hydrogen) atoms. The van der Waals surface area contributed by atoms with Crippen LogP contribution in [0.1, 0.15) is 48.0 Å². The van der Waals surface area contributed by atoms with Crippen molar-refractivity contribution < 1.29 is 18.7 Å². The quantitative estimate of drug-likeness (QED) is 0.637. The number of carbonyl (C=O) groups is 2. The zero-order valence-electron chi connectivity index (χ0n) is 17.9.